The molecule has 0 spiro atoms. The molecule has 29 heavy (non-hydrogen) atoms. The summed E-state index contributed by atoms with van der Waals surface area (Å²) >= 11 is 0. The Morgan fingerprint density at radius 3 is 2.79 bits per heavy atom. The number of benzene rings is 2. The van der Waals surface area contributed by atoms with Crippen molar-refractivity contribution in [3.8, 4) is 17.1 Å². The number of nitrogens with zero attached hydrogens (tertiary/aromatic N) is 2. The van der Waals surface area contributed by atoms with E-state index < -0.39 is 5.91 Å². The van der Waals surface area contributed by atoms with E-state index in [9.17, 15) is 9.18 Å². The molecular formula is C22H16FN3O3. The third-order valence-corrected chi connectivity index (χ3v) is 4.08. The second kappa shape index (κ2) is 8.35. The summed E-state index contributed by atoms with van der Waals surface area (Å²) in [6.45, 7) is 0.215. The number of hydrogen-bond acceptors (Lipinski definition) is 5. The van der Waals surface area contributed by atoms with Crippen LogP contribution in [0.15, 0.2) is 83.6 Å². The van der Waals surface area contributed by atoms with Crippen LogP contribution in [0.4, 0.5) is 10.1 Å². The largest absolute Gasteiger partial charge is 0.489 e. The summed E-state index contributed by atoms with van der Waals surface area (Å²) in [6.07, 6.45) is 3.28. The summed E-state index contributed by atoms with van der Waals surface area (Å²) in [5.41, 5.74) is 2.13. The van der Waals surface area contributed by atoms with Crippen molar-refractivity contribution in [1.29, 1.82) is 0 Å². The Labute approximate surface area is 166 Å². The van der Waals surface area contributed by atoms with E-state index in [0.717, 1.165) is 5.56 Å². The van der Waals surface area contributed by atoms with Gasteiger partial charge in [-0.05, 0) is 42.0 Å². The van der Waals surface area contributed by atoms with Crippen molar-refractivity contribution in [2.45, 2.75) is 6.61 Å². The van der Waals surface area contributed by atoms with Crippen LogP contribution in [0.25, 0.3) is 11.3 Å². The van der Waals surface area contributed by atoms with Gasteiger partial charge in [0.1, 0.15) is 18.2 Å². The minimum absolute atomic E-state index is 0.148. The molecule has 144 valence electrons. The van der Waals surface area contributed by atoms with Gasteiger partial charge in [0.15, 0.2) is 11.5 Å². The molecule has 4 rings (SSSR count). The zero-order valence-electron chi connectivity index (χ0n) is 15.2. The lowest BCUT2D eigenvalue weighted by Gasteiger charge is -2.09. The predicted molar refractivity (Wildman–Crippen MR) is 105 cm³/mol. The molecule has 0 aliphatic rings. The molecule has 0 saturated carbocycles. The number of pyridine rings is 1. The first-order chi connectivity index (χ1) is 14.2. The molecule has 2 aromatic carbocycles. The SMILES string of the molecule is O=C(Nc1cccc(OCc2cccc(F)c2)c1)c1cc(-c2cccnc2)on1. The van der Waals surface area contributed by atoms with Gasteiger partial charge in [-0.25, -0.2) is 4.39 Å². The Morgan fingerprint density at radius 2 is 1.97 bits per heavy atom. The van der Waals surface area contributed by atoms with Crippen molar-refractivity contribution in [2.24, 2.45) is 0 Å². The van der Waals surface area contributed by atoms with Gasteiger partial charge in [0.2, 0.25) is 0 Å². The maximum atomic E-state index is 13.3. The second-order valence-corrected chi connectivity index (χ2v) is 6.22. The maximum Gasteiger partial charge on any atom is 0.277 e. The highest BCUT2D eigenvalue weighted by molar-refractivity contribution is 6.03. The smallest absolute Gasteiger partial charge is 0.277 e. The number of anilines is 1. The number of nitrogens with one attached hydrogen (secondary N) is 1. The van der Waals surface area contributed by atoms with E-state index in [0.29, 0.717) is 22.8 Å². The van der Waals surface area contributed by atoms with E-state index in [2.05, 4.69) is 15.5 Å². The third-order valence-electron chi connectivity index (χ3n) is 4.08. The quantitative estimate of drug-likeness (QED) is 0.517. The average Bonchev–Trinajstić information content (AvgIpc) is 3.24. The number of ether oxygens (including phenoxy) is 1. The molecular weight excluding hydrogens is 373 g/mol. The van der Waals surface area contributed by atoms with Crippen molar-refractivity contribution in [3.05, 3.63) is 96.2 Å². The zero-order valence-corrected chi connectivity index (χ0v) is 15.2. The first-order valence-electron chi connectivity index (χ1n) is 8.83. The lowest BCUT2D eigenvalue weighted by atomic mass is 10.2. The van der Waals surface area contributed by atoms with Crippen LogP contribution in [0.3, 0.4) is 0 Å². The van der Waals surface area contributed by atoms with Crippen molar-refractivity contribution >= 4 is 11.6 Å². The van der Waals surface area contributed by atoms with E-state index >= 15 is 0 Å². The summed E-state index contributed by atoms with van der Waals surface area (Å²) in [4.78, 5) is 16.5. The number of halogens is 1. The molecule has 0 aliphatic carbocycles. The first-order valence-corrected chi connectivity index (χ1v) is 8.83. The molecule has 0 fully saturated rings. The molecule has 2 heterocycles. The molecule has 1 N–H and O–H groups in total. The molecule has 0 aliphatic heterocycles. The fourth-order valence-electron chi connectivity index (χ4n) is 2.68. The van der Waals surface area contributed by atoms with Crippen LogP contribution >= 0.6 is 0 Å². The number of carbonyl (C=O) groups is 1. The van der Waals surface area contributed by atoms with Crippen LogP contribution in [0.2, 0.25) is 0 Å². The Balaban J connectivity index is 1.41. The lowest BCUT2D eigenvalue weighted by molar-refractivity contribution is 0.101. The Bertz CT molecular complexity index is 1130. The second-order valence-electron chi connectivity index (χ2n) is 6.22. The molecule has 1 amide bonds. The fraction of sp³-hybridized carbons (Fsp3) is 0.0455. The van der Waals surface area contributed by atoms with Gasteiger partial charge in [0.25, 0.3) is 5.91 Å². The van der Waals surface area contributed by atoms with E-state index in [-0.39, 0.29) is 18.1 Å². The number of rotatable bonds is 6. The molecule has 2 aromatic heterocycles. The fourth-order valence-corrected chi connectivity index (χ4v) is 2.68. The first kappa shape index (κ1) is 18.4. The number of carbonyl (C=O) groups excluding carboxylic acids is 1. The van der Waals surface area contributed by atoms with E-state index in [4.69, 9.17) is 9.26 Å². The zero-order chi connectivity index (χ0) is 20.1. The highest BCUT2D eigenvalue weighted by atomic mass is 19.1. The van der Waals surface area contributed by atoms with Crippen LogP contribution in [-0.4, -0.2) is 16.0 Å². The standard InChI is InChI=1S/C22H16FN3O3/c23-17-6-1-4-15(10-17)14-28-19-8-2-7-18(11-19)25-22(27)20-12-21(29-26-20)16-5-3-9-24-13-16/h1-13H,14H2,(H,25,27). The molecule has 7 heteroatoms. The molecule has 0 saturated heterocycles. The van der Waals surface area contributed by atoms with Gasteiger partial charge in [0, 0.05) is 35.8 Å². The number of amides is 1. The van der Waals surface area contributed by atoms with Crippen LogP contribution in [0.1, 0.15) is 16.1 Å². The maximum absolute atomic E-state index is 13.3. The highest BCUT2D eigenvalue weighted by Crippen LogP contribution is 2.22. The highest BCUT2D eigenvalue weighted by Gasteiger charge is 2.14. The van der Waals surface area contributed by atoms with Crippen molar-refractivity contribution in [1.82, 2.24) is 10.1 Å². The summed E-state index contributed by atoms with van der Waals surface area (Å²) in [6, 6.07) is 18.2. The molecule has 0 unspecified atom stereocenters. The van der Waals surface area contributed by atoms with E-state index in [1.165, 1.54) is 12.1 Å². The van der Waals surface area contributed by atoms with Gasteiger partial charge in [-0.2, -0.15) is 0 Å². The summed E-state index contributed by atoms with van der Waals surface area (Å²) < 4.78 is 24.2. The molecule has 6 nitrogen and oxygen atoms in total. The Kier molecular flexibility index (Phi) is 5.29. The molecule has 0 bridgehead atoms. The third kappa shape index (κ3) is 4.65. The van der Waals surface area contributed by atoms with Gasteiger partial charge >= 0.3 is 0 Å². The van der Waals surface area contributed by atoms with Gasteiger partial charge in [-0.1, -0.05) is 23.4 Å². The Hall–Kier alpha value is -4.00. The monoisotopic (exact) mass is 389 g/mol. The number of aromatic nitrogens is 2. The van der Waals surface area contributed by atoms with Gasteiger partial charge in [0.05, 0.1) is 0 Å². The van der Waals surface area contributed by atoms with Crippen molar-refractivity contribution < 1.29 is 18.4 Å². The minimum atomic E-state index is -0.411. The summed E-state index contributed by atoms with van der Waals surface area (Å²) in [7, 11) is 0. The topological polar surface area (TPSA) is 77.2 Å². The Morgan fingerprint density at radius 1 is 1.07 bits per heavy atom. The van der Waals surface area contributed by atoms with Crippen molar-refractivity contribution in [3.63, 3.8) is 0 Å². The molecule has 0 radical (unpaired) electrons. The summed E-state index contributed by atoms with van der Waals surface area (Å²) in [5.74, 6) is 0.273. The molecule has 4 aromatic rings. The van der Waals surface area contributed by atoms with Crippen LogP contribution in [0.5, 0.6) is 5.75 Å². The van der Waals surface area contributed by atoms with Gasteiger partial charge in [-0.3, -0.25) is 9.78 Å². The van der Waals surface area contributed by atoms with E-state index in [1.54, 1.807) is 60.9 Å². The lowest BCUT2D eigenvalue weighted by Crippen LogP contribution is -2.12. The van der Waals surface area contributed by atoms with Crippen LogP contribution in [0, 0.1) is 5.82 Å². The average molecular weight is 389 g/mol. The summed E-state index contributed by atoms with van der Waals surface area (Å²) in [5, 5.41) is 6.57. The van der Waals surface area contributed by atoms with E-state index in [1.807, 2.05) is 6.07 Å². The van der Waals surface area contributed by atoms with Gasteiger partial charge < -0.3 is 14.6 Å². The molecule has 0 atom stereocenters. The van der Waals surface area contributed by atoms with Crippen LogP contribution < -0.4 is 10.1 Å². The normalized spacial score (nSPS) is 10.5. The predicted octanol–water partition coefficient (Wildman–Crippen LogP) is 4.71. The van der Waals surface area contributed by atoms with Crippen molar-refractivity contribution in [2.75, 3.05) is 5.32 Å². The van der Waals surface area contributed by atoms with Gasteiger partial charge in [-0.15, -0.1) is 0 Å². The minimum Gasteiger partial charge on any atom is -0.489 e. The number of hydrogen-bond donors (Lipinski definition) is 1. The van der Waals surface area contributed by atoms with Crippen LogP contribution in [-0.2, 0) is 6.61 Å².